The van der Waals surface area contributed by atoms with E-state index in [1.807, 2.05) is 0 Å². The van der Waals surface area contributed by atoms with Crippen LogP contribution in [-0.4, -0.2) is 11.4 Å². The van der Waals surface area contributed by atoms with E-state index in [0.717, 1.165) is 67.0 Å². The predicted octanol–water partition coefficient (Wildman–Crippen LogP) is 25.2. The van der Waals surface area contributed by atoms with E-state index in [4.69, 9.17) is 9.98 Å². The van der Waals surface area contributed by atoms with Crippen molar-refractivity contribution in [1.82, 2.24) is 0 Å². The zero-order chi connectivity index (χ0) is 69.4. The highest BCUT2D eigenvalue weighted by Crippen LogP contribution is 2.52. The second-order valence-electron chi connectivity index (χ2n) is 27.3. The van der Waals surface area contributed by atoms with Crippen molar-refractivity contribution in [2.24, 2.45) is 9.98 Å². The Balaban J connectivity index is 1.05. The molecule has 494 valence electrons. The molecule has 16 aromatic rings. The van der Waals surface area contributed by atoms with E-state index in [1.54, 1.807) is 0 Å². The summed E-state index contributed by atoms with van der Waals surface area (Å²) < 4.78 is 0. The summed E-state index contributed by atoms with van der Waals surface area (Å²) in [6, 6.07) is 157. The molecule has 0 bridgehead atoms. The minimum absolute atomic E-state index is 0.148. The highest BCUT2D eigenvalue weighted by atomic mass is 14.9. The number of rotatable bonds is 20. The SMILES string of the molecule is c1ccc(C(c2ccccc2)c2cc(C(c3ccccc3)c3ccccc3)c(N=C3C(=Nc4c(C(c5ccccc5)c5ccccc5)cc(C(c5ccccc5)c5ccccc5)cc4C(c4ccccc4)c4ccccc4)c4cccc5cccc3c45)c(C(c3ccccc3)c3ccccc3)c2)cc1. The first-order valence-electron chi connectivity index (χ1n) is 36.3. The molecule has 0 radical (unpaired) electrons. The second-order valence-corrected chi connectivity index (χ2v) is 27.3. The lowest BCUT2D eigenvalue weighted by Gasteiger charge is -2.30. The number of benzene rings is 16. The molecule has 0 saturated heterocycles. The molecule has 0 fully saturated rings. The number of aliphatic imine (C=N–C) groups is 2. The third-order valence-electron chi connectivity index (χ3n) is 21.0. The van der Waals surface area contributed by atoms with Gasteiger partial charge in [0.15, 0.2) is 0 Å². The van der Waals surface area contributed by atoms with Crippen LogP contribution in [0.3, 0.4) is 0 Å². The Morgan fingerprint density at radius 1 is 0.154 bits per heavy atom. The molecule has 0 heterocycles. The normalized spacial score (nSPS) is 12.8. The van der Waals surface area contributed by atoms with Gasteiger partial charge in [0.2, 0.25) is 0 Å². The van der Waals surface area contributed by atoms with Gasteiger partial charge in [-0.2, -0.15) is 0 Å². The van der Waals surface area contributed by atoms with E-state index >= 15 is 0 Å². The molecule has 0 aliphatic heterocycles. The third-order valence-corrected chi connectivity index (χ3v) is 21.0. The van der Waals surface area contributed by atoms with Crippen LogP contribution in [0.5, 0.6) is 0 Å². The van der Waals surface area contributed by atoms with Crippen molar-refractivity contribution in [1.29, 1.82) is 0 Å². The highest BCUT2D eigenvalue weighted by molar-refractivity contribution is 6.61. The standard InChI is InChI=1S/C102H76N2/c1-13-39-71(40-14-1)92(72-41-15-2-16-42-72)84-67-88(94(75-47-21-5-22-48-75)76-49-23-6-24-50-76)99(89(68-84)95(77-51-25-7-26-52-77)78-53-27-8-28-54-78)103-101-86-65-37-63-83-64-38-66-87(98(83)86)102(101)104-100-90(96(79-55-29-9-30-56-79)80-57-31-10-32-58-80)69-85(93(73-43-17-3-18-44-73)74-45-19-4-20-46-74)70-91(100)97(81-59-33-11-34-60-81)82-61-35-12-36-62-82/h1-70,92-97H. The van der Waals surface area contributed by atoms with Crippen LogP contribution in [0.25, 0.3) is 10.8 Å². The fourth-order valence-electron chi connectivity index (χ4n) is 16.4. The smallest absolute Gasteiger partial charge is 0.0979 e. The third kappa shape index (κ3) is 13.0. The second kappa shape index (κ2) is 29.7. The minimum atomic E-state index is -0.280. The highest BCUT2D eigenvalue weighted by Gasteiger charge is 2.36. The number of hydrogen-bond donors (Lipinski definition) is 0. The molecule has 0 spiro atoms. The van der Waals surface area contributed by atoms with Crippen LogP contribution in [0.1, 0.15) is 147 Å². The van der Waals surface area contributed by atoms with Crippen molar-refractivity contribution < 1.29 is 0 Å². The summed E-state index contributed by atoms with van der Waals surface area (Å²) >= 11 is 0. The fraction of sp³-hybridized carbons (Fsp3) is 0.0588. The lowest BCUT2D eigenvalue weighted by molar-refractivity contribution is 0.905. The Hall–Kier alpha value is -12.9. The van der Waals surface area contributed by atoms with E-state index in [9.17, 15) is 0 Å². The molecule has 0 unspecified atom stereocenters. The van der Waals surface area contributed by atoms with Gasteiger partial charge in [-0.25, -0.2) is 9.98 Å². The van der Waals surface area contributed by atoms with Gasteiger partial charge in [0.05, 0.1) is 22.8 Å². The van der Waals surface area contributed by atoms with Crippen LogP contribution in [0.2, 0.25) is 0 Å². The van der Waals surface area contributed by atoms with E-state index in [0.29, 0.717) is 0 Å². The van der Waals surface area contributed by atoms with Crippen molar-refractivity contribution in [2.45, 2.75) is 35.5 Å². The molecule has 0 aromatic heterocycles. The Labute approximate surface area is 611 Å². The van der Waals surface area contributed by atoms with Crippen LogP contribution in [-0.2, 0) is 0 Å². The predicted molar refractivity (Wildman–Crippen MR) is 432 cm³/mol. The molecule has 1 aliphatic carbocycles. The van der Waals surface area contributed by atoms with E-state index in [2.05, 4.69) is 425 Å². The van der Waals surface area contributed by atoms with Gasteiger partial charge in [0.1, 0.15) is 0 Å². The summed E-state index contributed by atoms with van der Waals surface area (Å²) in [7, 11) is 0. The van der Waals surface area contributed by atoms with Crippen LogP contribution < -0.4 is 0 Å². The zero-order valence-electron chi connectivity index (χ0n) is 57.8. The molecule has 0 amide bonds. The summed E-state index contributed by atoms with van der Waals surface area (Å²) in [6.07, 6.45) is 0. The molecule has 0 atom stereocenters. The van der Waals surface area contributed by atoms with Crippen molar-refractivity contribution in [3.63, 3.8) is 0 Å². The van der Waals surface area contributed by atoms with Gasteiger partial charge in [-0.15, -0.1) is 0 Å². The zero-order valence-corrected chi connectivity index (χ0v) is 57.8. The van der Waals surface area contributed by atoms with Crippen molar-refractivity contribution in [2.75, 3.05) is 0 Å². The molecule has 0 N–H and O–H groups in total. The summed E-state index contributed by atoms with van der Waals surface area (Å²) in [4.78, 5) is 13.3. The first-order chi connectivity index (χ1) is 51.7. The van der Waals surface area contributed by atoms with Gasteiger partial charge in [0, 0.05) is 52.0 Å². The van der Waals surface area contributed by atoms with E-state index < -0.39 is 0 Å². The van der Waals surface area contributed by atoms with Gasteiger partial charge in [-0.3, -0.25) is 0 Å². The molecule has 16 aromatic carbocycles. The first-order valence-corrected chi connectivity index (χ1v) is 36.3. The molecule has 2 heteroatoms. The maximum absolute atomic E-state index is 6.66. The molecular formula is C102H76N2. The molecular weight excluding hydrogens is 1250 g/mol. The van der Waals surface area contributed by atoms with Gasteiger partial charge < -0.3 is 0 Å². The van der Waals surface area contributed by atoms with Crippen molar-refractivity contribution in [3.05, 3.63) is 536 Å². The Bertz CT molecular complexity index is 4830. The lowest BCUT2D eigenvalue weighted by atomic mass is 9.75. The van der Waals surface area contributed by atoms with E-state index in [1.165, 1.54) is 77.9 Å². The van der Waals surface area contributed by atoms with Gasteiger partial charge >= 0.3 is 0 Å². The first kappa shape index (κ1) is 64.5. The van der Waals surface area contributed by atoms with Crippen molar-refractivity contribution in [3.8, 4) is 0 Å². The molecule has 104 heavy (non-hydrogen) atoms. The summed E-state index contributed by atoms with van der Waals surface area (Å²) in [6.45, 7) is 0. The van der Waals surface area contributed by atoms with Crippen LogP contribution in [0.4, 0.5) is 11.4 Å². The lowest BCUT2D eigenvalue weighted by Crippen LogP contribution is -2.16. The van der Waals surface area contributed by atoms with Crippen LogP contribution in [0, 0.1) is 0 Å². The Morgan fingerprint density at radius 2 is 0.327 bits per heavy atom. The maximum atomic E-state index is 6.66. The molecule has 1 aliphatic rings. The Kier molecular flexibility index (Phi) is 18.4. The Morgan fingerprint density at radius 3 is 0.510 bits per heavy atom. The topological polar surface area (TPSA) is 24.7 Å². The fourth-order valence-corrected chi connectivity index (χ4v) is 16.4. The summed E-state index contributed by atoms with van der Waals surface area (Å²) in [5.74, 6) is -1.42. The van der Waals surface area contributed by atoms with Crippen LogP contribution >= 0.6 is 0 Å². The van der Waals surface area contributed by atoms with E-state index in [-0.39, 0.29) is 35.5 Å². The number of hydrogen-bond acceptors (Lipinski definition) is 2. The van der Waals surface area contributed by atoms with Gasteiger partial charge in [0.25, 0.3) is 0 Å². The average Bonchev–Trinajstić information content (AvgIpc) is 1.43. The largest absolute Gasteiger partial charge is 0.245 e. The maximum Gasteiger partial charge on any atom is 0.0979 e. The summed E-state index contributed by atoms with van der Waals surface area (Å²) in [5, 5.41) is 2.26. The van der Waals surface area contributed by atoms with Gasteiger partial charge in [-0.1, -0.05) is 425 Å². The molecule has 17 rings (SSSR count). The molecule has 2 nitrogen and oxygen atoms in total. The minimum Gasteiger partial charge on any atom is -0.245 e. The molecule has 0 saturated carbocycles. The van der Waals surface area contributed by atoms with Crippen molar-refractivity contribution >= 4 is 33.6 Å². The number of nitrogens with zero attached hydrogens (tertiary/aromatic N) is 2. The van der Waals surface area contributed by atoms with Crippen LogP contribution in [0.15, 0.2) is 435 Å². The van der Waals surface area contributed by atoms with Gasteiger partial charge in [-0.05, 0) is 106 Å². The monoisotopic (exact) mass is 1330 g/mol. The average molecular weight is 1330 g/mol. The quantitative estimate of drug-likeness (QED) is 0.0680. The summed E-state index contributed by atoms with van der Waals surface area (Å²) in [5.41, 5.74) is 26.4.